The highest BCUT2D eigenvalue weighted by atomic mass is 35.5. The summed E-state index contributed by atoms with van der Waals surface area (Å²) in [6.07, 6.45) is 1.03. The van der Waals surface area contributed by atoms with Crippen LogP contribution in [0.4, 0.5) is 0 Å². The monoisotopic (exact) mass is 474 g/mol. The molecule has 3 heterocycles. The number of nitrogens with zero attached hydrogens (tertiary/aromatic N) is 4. The normalized spacial score (nSPS) is 11.5. The van der Waals surface area contributed by atoms with Gasteiger partial charge in [-0.15, -0.1) is 32.9 Å². The van der Waals surface area contributed by atoms with Crippen molar-refractivity contribution in [3.05, 3.63) is 56.7 Å². The van der Waals surface area contributed by atoms with Gasteiger partial charge in [-0.1, -0.05) is 62.3 Å². The van der Waals surface area contributed by atoms with E-state index in [1.54, 1.807) is 34.4 Å². The maximum absolute atomic E-state index is 6.32. The fourth-order valence-electron chi connectivity index (χ4n) is 3.08. The molecule has 0 saturated heterocycles. The molecule has 0 N–H and O–H groups in total. The first kappa shape index (κ1) is 21.6. The molecule has 0 aliphatic rings. The zero-order chi connectivity index (χ0) is 21.1. The SMILES string of the molecule is CCCn1c(SCc2csc(-c3ccccc3Cl)n2)nnc1-c1csc(C(C)C)c1. The maximum Gasteiger partial charge on any atom is 0.191 e. The predicted octanol–water partition coefficient (Wildman–Crippen LogP) is 7.61. The second kappa shape index (κ2) is 9.64. The molecule has 0 atom stereocenters. The summed E-state index contributed by atoms with van der Waals surface area (Å²) in [6, 6.07) is 10.1. The molecule has 1 aromatic carbocycles. The zero-order valence-corrected chi connectivity index (χ0v) is 20.3. The smallest absolute Gasteiger partial charge is 0.191 e. The fourth-order valence-corrected chi connectivity index (χ4v) is 6.08. The van der Waals surface area contributed by atoms with E-state index in [9.17, 15) is 0 Å². The van der Waals surface area contributed by atoms with Gasteiger partial charge in [-0.05, 0) is 24.5 Å². The van der Waals surface area contributed by atoms with E-state index in [1.165, 1.54) is 4.88 Å². The third-order valence-electron chi connectivity index (χ3n) is 4.62. The van der Waals surface area contributed by atoms with Crippen LogP contribution in [0.25, 0.3) is 22.0 Å². The first-order valence-electron chi connectivity index (χ1n) is 9.91. The Morgan fingerprint density at radius 3 is 2.70 bits per heavy atom. The number of thiophene rings is 1. The lowest BCUT2D eigenvalue weighted by atomic mass is 10.1. The van der Waals surface area contributed by atoms with Gasteiger partial charge in [0.25, 0.3) is 0 Å². The summed E-state index contributed by atoms with van der Waals surface area (Å²) in [4.78, 5) is 6.15. The molecule has 0 spiro atoms. The molecule has 0 radical (unpaired) electrons. The van der Waals surface area contributed by atoms with Gasteiger partial charge in [0.15, 0.2) is 11.0 Å². The highest BCUT2D eigenvalue weighted by molar-refractivity contribution is 7.98. The van der Waals surface area contributed by atoms with Crippen molar-refractivity contribution < 1.29 is 0 Å². The van der Waals surface area contributed by atoms with Crippen LogP contribution in [0.2, 0.25) is 5.02 Å². The number of thiazole rings is 1. The van der Waals surface area contributed by atoms with E-state index in [4.69, 9.17) is 16.6 Å². The highest BCUT2D eigenvalue weighted by Crippen LogP contribution is 2.34. The molecule has 0 aliphatic heterocycles. The molecule has 0 saturated carbocycles. The van der Waals surface area contributed by atoms with Gasteiger partial charge >= 0.3 is 0 Å². The van der Waals surface area contributed by atoms with Crippen molar-refractivity contribution in [2.24, 2.45) is 0 Å². The van der Waals surface area contributed by atoms with Gasteiger partial charge in [0.05, 0.1) is 10.7 Å². The van der Waals surface area contributed by atoms with E-state index in [-0.39, 0.29) is 0 Å². The van der Waals surface area contributed by atoms with Crippen LogP contribution >= 0.6 is 46.0 Å². The van der Waals surface area contributed by atoms with E-state index < -0.39 is 0 Å². The topological polar surface area (TPSA) is 43.6 Å². The summed E-state index contributed by atoms with van der Waals surface area (Å²) in [5, 5.41) is 15.9. The van der Waals surface area contributed by atoms with Gasteiger partial charge in [0.1, 0.15) is 5.01 Å². The molecular formula is C22H23ClN4S3. The molecule has 0 aliphatic carbocycles. The Morgan fingerprint density at radius 2 is 1.97 bits per heavy atom. The van der Waals surface area contributed by atoms with E-state index in [1.807, 2.05) is 24.3 Å². The zero-order valence-electron chi connectivity index (χ0n) is 17.1. The molecule has 0 fully saturated rings. The molecule has 156 valence electrons. The largest absolute Gasteiger partial charge is 0.302 e. The van der Waals surface area contributed by atoms with E-state index in [0.717, 1.165) is 56.6 Å². The molecule has 8 heteroatoms. The Balaban J connectivity index is 1.52. The Bertz CT molecular complexity index is 1130. The number of thioether (sulfide) groups is 1. The number of rotatable bonds is 8. The molecule has 0 unspecified atom stereocenters. The Kier molecular flexibility index (Phi) is 6.93. The third-order valence-corrected chi connectivity index (χ3v) is 8.10. The summed E-state index contributed by atoms with van der Waals surface area (Å²) in [6.45, 7) is 7.53. The second-order valence-corrected chi connectivity index (χ2v) is 10.4. The van der Waals surface area contributed by atoms with Crippen molar-refractivity contribution in [2.45, 2.75) is 50.6 Å². The number of benzene rings is 1. The molecule has 30 heavy (non-hydrogen) atoms. The molecule has 4 nitrogen and oxygen atoms in total. The average molecular weight is 475 g/mol. The van der Waals surface area contributed by atoms with Crippen LogP contribution in [0.1, 0.15) is 43.7 Å². The Hall–Kier alpha value is -1.67. The maximum atomic E-state index is 6.32. The molecule has 0 amide bonds. The molecule has 0 bridgehead atoms. The van der Waals surface area contributed by atoms with Crippen molar-refractivity contribution >= 4 is 46.0 Å². The summed E-state index contributed by atoms with van der Waals surface area (Å²) in [5.74, 6) is 2.23. The van der Waals surface area contributed by atoms with Crippen molar-refractivity contribution in [2.75, 3.05) is 0 Å². The lowest BCUT2D eigenvalue weighted by molar-refractivity contribution is 0.626. The van der Waals surface area contributed by atoms with E-state index in [2.05, 4.69) is 52.4 Å². The average Bonchev–Trinajstić information content (AvgIpc) is 3.47. The second-order valence-electron chi connectivity index (χ2n) is 7.26. The fraction of sp³-hybridized carbons (Fsp3) is 0.318. The highest BCUT2D eigenvalue weighted by Gasteiger charge is 2.17. The Labute approximate surface area is 194 Å². The van der Waals surface area contributed by atoms with Gasteiger partial charge in [0, 0.05) is 39.1 Å². The van der Waals surface area contributed by atoms with Crippen LogP contribution in [0.3, 0.4) is 0 Å². The number of hydrogen-bond acceptors (Lipinski definition) is 6. The minimum absolute atomic E-state index is 0.525. The van der Waals surface area contributed by atoms with Crippen LogP contribution in [0.15, 0.2) is 46.2 Å². The Morgan fingerprint density at radius 1 is 1.13 bits per heavy atom. The summed E-state index contributed by atoms with van der Waals surface area (Å²) in [5.41, 5.74) is 3.17. The number of hydrogen-bond donors (Lipinski definition) is 0. The van der Waals surface area contributed by atoms with Gasteiger partial charge in [0.2, 0.25) is 0 Å². The van der Waals surface area contributed by atoms with E-state index >= 15 is 0 Å². The summed E-state index contributed by atoms with van der Waals surface area (Å²) in [7, 11) is 0. The van der Waals surface area contributed by atoms with Crippen molar-refractivity contribution in [1.82, 2.24) is 19.7 Å². The lowest BCUT2D eigenvalue weighted by Crippen LogP contribution is -2.01. The standard InChI is InChI=1S/C22H23ClN4S3/c1-4-9-27-20(15-10-19(14(2)3)28-11-15)25-26-22(27)30-13-16-12-29-21(24-16)17-7-5-6-8-18(17)23/h5-8,10-12,14H,4,9,13H2,1-3H3. The van der Waals surface area contributed by atoms with Crippen LogP contribution in [-0.4, -0.2) is 19.7 Å². The molecule has 4 aromatic rings. The van der Waals surface area contributed by atoms with Crippen molar-refractivity contribution in [3.8, 4) is 22.0 Å². The van der Waals surface area contributed by atoms with Crippen LogP contribution < -0.4 is 0 Å². The van der Waals surface area contributed by atoms with Crippen LogP contribution in [0.5, 0.6) is 0 Å². The molecule has 3 aromatic heterocycles. The van der Waals surface area contributed by atoms with Crippen LogP contribution in [0, 0.1) is 0 Å². The lowest BCUT2D eigenvalue weighted by Gasteiger charge is -2.07. The minimum atomic E-state index is 0.525. The van der Waals surface area contributed by atoms with Gasteiger partial charge in [-0.2, -0.15) is 0 Å². The van der Waals surface area contributed by atoms with Gasteiger partial charge < -0.3 is 4.57 Å². The first-order chi connectivity index (χ1) is 14.6. The predicted molar refractivity (Wildman–Crippen MR) is 130 cm³/mol. The summed E-state index contributed by atoms with van der Waals surface area (Å²) < 4.78 is 2.23. The van der Waals surface area contributed by atoms with Gasteiger partial charge in [-0.3, -0.25) is 0 Å². The van der Waals surface area contributed by atoms with Gasteiger partial charge in [-0.25, -0.2) is 4.98 Å². The number of aromatic nitrogens is 4. The van der Waals surface area contributed by atoms with E-state index in [0.29, 0.717) is 5.92 Å². The van der Waals surface area contributed by atoms with Crippen LogP contribution in [-0.2, 0) is 12.3 Å². The minimum Gasteiger partial charge on any atom is -0.302 e. The molecular weight excluding hydrogens is 452 g/mol. The molecule has 4 rings (SSSR count). The third kappa shape index (κ3) is 4.64. The van der Waals surface area contributed by atoms with Crippen molar-refractivity contribution in [1.29, 1.82) is 0 Å². The first-order valence-corrected chi connectivity index (χ1v) is 13.0. The quantitative estimate of drug-likeness (QED) is 0.246. The summed E-state index contributed by atoms with van der Waals surface area (Å²) >= 11 is 11.4. The van der Waals surface area contributed by atoms with Crippen molar-refractivity contribution in [3.63, 3.8) is 0 Å². The number of halogens is 1.